The van der Waals surface area contributed by atoms with Gasteiger partial charge in [0, 0.05) is 12.7 Å². The molecular formula is C15H24O3. The maximum Gasteiger partial charge on any atom is 0.328 e. The van der Waals surface area contributed by atoms with E-state index in [4.69, 9.17) is 9.84 Å². The Labute approximate surface area is 110 Å². The Morgan fingerprint density at radius 3 is 2.72 bits per heavy atom. The van der Waals surface area contributed by atoms with Crippen LogP contribution in [0, 0.1) is 0 Å². The lowest BCUT2D eigenvalue weighted by Crippen LogP contribution is -2.04. The minimum Gasteiger partial charge on any atom is -0.478 e. The Bertz CT molecular complexity index is 323. The summed E-state index contributed by atoms with van der Waals surface area (Å²) in [7, 11) is 0. The molecule has 1 atom stereocenters. The van der Waals surface area contributed by atoms with Crippen LogP contribution in [-0.4, -0.2) is 23.8 Å². The smallest absolute Gasteiger partial charge is 0.328 e. The number of hydrogen-bond donors (Lipinski definition) is 1. The molecule has 3 nitrogen and oxygen atoms in total. The van der Waals surface area contributed by atoms with Crippen LogP contribution < -0.4 is 0 Å². The molecule has 0 bridgehead atoms. The van der Waals surface area contributed by atoms with Crippen LogP contribution in [0.15, 0.2) is 23.3 Å². The summed E-state index contributed by atoms with van der Waals surface area (Å²) in [4.78, 5) is 10.5. The maximum atomic E-state index is 10.5. The molecule has 0 aromatic heterocycles. The van der Waals surface area contributed by atoms with Crippen molar-refractivity contribution >= 4 is 5.97 Å². The van der Waals surface area contributed by atoms with Crippen molar-refractivity contribution in [2.45, 2.75) is 58.5 Å². The Morgan fingerprint density at radius 2 is 2.11 bits per heavy atom. The van der Waals surface area contributed by atoms with E-state index in [-0.39, 0.29) is 0 Å². The molecule has 102 valence electrons. The molecule has 18 heavy (non-hydrogen) atoms. The van der Waals surface area contributed by atoms with Crippen LogP contribution in [0.25, 0.3) is 0 Å². The lowest BCUT2D eigenvalue weighted by Gasteiger charge is -2.09. The molecule has 1 rings (SSSR count). The lowest BCUT2D eigenvalue weighted by molar-refractivity contribution is -0.131. The van der Waals surface area contributed by atoms with Crippen LogP contribution >= 0.6 is 0 Å². The first-order valence-electron chi connectivity index (χ1n) is 6.75. The van der Waals surface area contributed by atoms with Crippen LogP contribution in [0.1, 0.15) is 52.4 Å². The minimum absolute atomic E-state index is 0.460. The minimum atomic E-state index is -0.855. The standard InChI is InChI=1S/C15H24O3/c1-12(8-9-14-7-4-10-18-14)5-3-6-13(2)11-15(16)17/h5,11,14H,3-4,6-10H2,1-2H3,(H,16,17). The van der Waals surface area contributed by atoms with Crippen molar-refractivity contribution in [3.05, 3.63) is 23.3 Å². The average molecular weight is 252 g/mol. The first-order valence-corrected chi connectivity index (χ1v) is 6.75. The summed E-state index contributed by atoms with van der Waals surface area (Å²) in [6.07, 6.45) is 10.3. The van der Waals surface area contributed by atoms with Gasteiger partial charge in [-0.3, -0.25) is 0 Å². The summed E-state index contributed by atoms with van der Waals surface area (Å²) in [6, 6.07) is 0. The second-order valence-corrected chi connectivity index (χ2v) is 5.09. The number of aliphatic carboxylic acids is 1. The van der Waals surface area contributed by atoms with Gasteiger partial charge in [-0.05, 0) is 52.4 Å². The van der Waals surface area contributed by atoms with Crippen LogP contribution in [0.4, 0.5) is 0 Å². The molecule has 1 aliphatic heterocycles. The second-order valence-electron chi connectivity index (χ2n) is 5.09. The van der Waals surface area contributed by atoms with Crippen molar-refractivity contribution < 1.29 is 14.6 Å². The normalized spacial score (nSPS) is 21.3. The van der Waals surface area contributed by atoms with Gasteiger partial charge in [0.15, 0.2) is 0 Å². The van der Waals surface area contributed by atoms with E-state index in [1.807, 2.05) is 6.92 Å². The molecule has 1 N–H and O–H groups in total. The first kappa shape index (κ1) is 15.0. The van der Waals surface area contributed by atoms with Gasteiger partial charge >= 0.3 is 5.97 Å². The summed E-state index contributed by atoms with van der Waals surface area (Å²) in [5.74, 6) is -0.855. The second kappa shape index (κ2) is 8.09. The van der Waals surface area contributed by atoms with Crippen molar-refractivity contribution in [1.82, 2.24) is 0 Å². The molecule has 0 aromatic rings. The quantitative estimate of drug-likeness (QED) is 0.555. The van der Waals surface area contributed by atoms with Gasteiger partial charge in [-0.25, -0.2) is 4.79 Å². The average Bonchev–Trinajstić information content (AvgIpc) is 2.78. The van der Waals surface area contributed by atoms with E-state index in [0.717, 1.165) is 37.9 Å². The molecule has 0 aromatic carbocycles. The fourth-order valence-corrected chi connectivity index (χ4v) is 2.19. The molecule has 1 fully saturated rings. The van der Waals surface area contributed by atoms with Gasteiger partial charge in [0.1, 0.15) is 0 Å². The molecule has 0 aliphatic carbocycles. The third kappa shape index (κ3) is 6.60. The third-order valence-electron chi connectivity index (χ3n) is 3.29. The number of allylic oxidation sites excluding steroid dienone is 3. The Balaban J connectivity index is 2.18. The summed E-state index contributed by atoms with van der Waals surface area (Å²) in [5, 5.41) is 8.59. The van der Waals surface area contributed by atoms with Gasteiger partial charge in [0.25, 0.3) is 0 Å². The predicted molar refractivity (Wildman–Crippen MR) is 72.6 cm³/mol. The molecule has 0 saturated carbocycles. The van der Waals surface area contributed by atoms with Crippen molar-refractivity contribution in [1.29, 1.82) is 0 Å². The number of carboxylic acid groups (broad SMARTS) is 1. The van der Waals surface area contributed by atoms with E-state index in [0.29, 0.717) is 6.10 Å². The zero-order valence-electron chi connectivity index (χ0n) is 11.4. The number of hydrogen-bond acceptors (Lipinski definition) is 2. The van der Waals surface area contributed by atoms with E-state index < -0.39 is 5.97 Å². The molecule has 0 spiro atoms. The number of carbonyl (C=O) groups is 1. The highest BCUT2D eigenvalue weighted by atomic mass is 16.5. The van der Waals surface area contributed by atoms with Gasteiger partial charge in [0.2, 0.25) is 0 Å². The topological polar surface area (TPSA) is 46.5 Å². The van der Waals surface area contributed by atoms with E-state index in [1.54, 1.807) is 0 Å². The van der Waals surface area contributed by atoms with Gasteiger partial charge in [-0.1, -0.05) is 17.2 Å². The van der Waals surface area contributed by atoms with Crippen molar-refractivity contribution in [3.8, 4) is 0 Å². The Morgan fingerprint density at radius 1 is 1.33 bits per heavy atom. The van der Waals surface area contributed by atoms with Gasteiger partial charge < -0.3 is 9.84 Å². The Hall–Kier alpha value is -1.09. The summed E-state index contributed by atoms with van der Waals surface area (Å²) in [5.41, 5.74) is 2.30. The fraction of sp³-hybridized carbons (Fsp3) is 0.667. The SMILES string of the molecule is CC(=CC(=O)O)CCC=C(C)CCC1CCCO1. The van der Waals surface area contributed by atoms with Gasteiger partial charge in [-0.15, -0.1) is 0 Å². The van der Waals surface area contributed by atoms with Crippen molar-refractivity contribution in [2.24, 2.45) is 0 Å². The highest BCUT2D eigenvalue weighted by Crippen LogP contribution is 2.19. The van der Waals surface area contributed by atoms with Gasteiger partial charge in [-0.2, -0.15) is 0 Å². The molecule has 1 heterocycles. The molecule has 1 aliphatic rings. The van der Waals surface area contributed by atoms with E-state index in [2.05, 4.69) is 13.0 Å². The highest BCUT2D eigenvalue weighted by molar-refractivity contribution is 5.80. The molecule has 0 amide bonds. The van der Waals surface area contributed by atoms with Crippen LogP contribution in [-0.2, 0) is 9.53 Å². The van der Waals surface area contributed by atoms with Crippen molar-refractivity contribution in [3.63, 3.8) is 0 Å². The number of carboxylic acids is 1. The number of ether oxygens (including phenoxy) is 1. The van der Waals surface area contributed by atoms with Gasteiger partial charge in [0.05, 0.1) is 6.10 Å². The summed E-state index contributed by atoms with van der Waals surface area (Å²) in [6.45, 7) is 4.93. The third-order valence-corrected chi connectivity index (χ3v) is 3.29. The summed E-state index contributed by atoms with van der Waals surface area (Å²) >= 11 is 0. The molecule has 0 radical (unpaired) electrons. The first-order chi connectivity index (χ1) is 8.58. The molecular weight excluding hydrogens is 228 g/mol. The monoisotopic (exact) mass is 252 g/mol. The van der Waals surface area contributed by atoms with Crippen LogP contribution in [0.2, 0.25) is 0 Å². The highest BCUT2D eigenvalue weighted by Gasteiger charge is 2.14. The largest absolute Gasteiger partial charge is 0.478 e. The van der Waals surface area contributed by atoms with E-state index in [1.165, 1.54) is 24.5 Å². The van der Waals surface area contributed by atoms with E-state index in [9.17, 15) is 4.79 Å². The molecule has 1 unspecified atom stereocenters. The molecule has 3 heteroatoms. The van der Waals surface area contributed by atoms with E-state index >= 15 is 0 Å². The van der Waals surface area contributed by atoms with Crippen molar-refractivity contribution in [2.75, 3.05) is 6.61 Å². The number of rotatable bonds is 7. The zero-order valence-corrected chi connectivity index (χ0v) is 11.4. The van der Waals surface area contributed by atoms with Crippen LogP contribution in [0.3, 0.4) is 0 Å². The van der Waals surface area contributed by atoms with Crippen LogP contribution in [0.5, 0.6) is 0 Å². The predicted octanol–water partition coefficient (Wildman–Crippen LogP) is 3.70. The molecule has 1 saturated heterocycles. The zero-order chi connectivity index (χ0) is 13.4. The fourth-order valence-electron chi connectivity index (χ4n) is 2.19. The Kier molecular flexibility index (Phi) is 6.73. The lowest BCUT2D eigenvalue weighted by atomic mass is 10.0. The maximum absolute atomic E-state index is 10.5. The summed E-state index contributed by atoms with van der Waals surface area (Å²) < 4.78 is 5.59.